The fourth-order valence-corrected chi connectivity index (χ4v) is 9.49. The molecule has 0 bridgehead atoms. The highest BCUT2D eigenvalue weighted by Crippen LogP contribution is 2.72. The summed E-state index contributed by atoms with van der Waals surface area (Å²) in [5.41, 5.74) is 3.41. The van der Waals surface area contributed by atoms with Crippen molar-refractivity contribution in [3.05, 3.63) is 23.3 Å². The van der Waals surface area contributed by atoms with E-state index in [1.807, 2.05) is 0 Å². The van der Waals surface area contributed by atoms with Gasteiger partial charge in [-0.25, -0.2) is 0 Å². The molecular weight excluding hydrogens is 380 g/mol. The van der Waals surface area contributed by atoms with Crippen molar-refractivity contribution in [2.24, 2.45) is 45.8 Å². The van der Waals surface area contributed by atoms with Gasteiger partial charge in [0.2, 0.25) is 0 Å². The molecule has 0 saturated heterocycles. The first-order chi connectivity index (χ1) is 14.6. The maximum atomic E-state index is 12.8. The zero-order valence-corrected chi connectivity index (χ0v) is 20.5. The van der Waals surface area contributed by atoms with Gasteiger partial charge in [0.15, 0.2) is 0 Å². The molecule has 5 aliphatic carbocycles. The third-order valence-electron chi connectivity index (χ3n) is 11.0. The van der Waals surface area contributed by atoms with Crippen LogP contribution < -0.4 is 0 Å². The first-order valence-electron chi connectivity index (χ1n) is 13.2. The van der Waals surface area contributed by atoms with Crippen LogP contribution in [-0.2, 0) is 4.79 Å². The minimum Gasteiger partial charge on any atom is -0.393 e. The standard InChI is InChI=1S/C29H44O2/c1-18(2)7-6-8-19(3)26-23(30)17-22-20-9-10-24-27(4,21(20)11-13-28(22,26)5)14-12-25(31)29(24)15-16-29/h7,10,19-23,26,30H,6,8-9,11-17H2,1-5H3/t19-,20-,21+,22+,23+,26+,27-,28+/m1/s1. The zero-order chi connectivity index (χ0) is 22.2. The Balaban J connectivity index is 1.41. The highest BCUT2D eigenvalue weighted by molar-refractivity contribution is 5.92. The molecule has 0 heterocycles. The normalized spacial score (nSPS) is 45.9. The van der Waals surface area contributed by atoms with Crippen LogP contribution >= 0.6 is 0 Å². The van der Waals surface area contributed by atoms with Crippen LogP contribution in [0.1, 0.15) is 98.8 Å². The summed E-state index contributed by atoms with van der Waals surface area (Å²) in [6.07, 6.45) is 15.9. The van der Waals surface area contributed by atoms with Crippen LogP contribution in [0.4, 0.5) is 0 Å². The molecule has 0 aromatic heterocycles. The Morgan fingerprint density at radius 3 is 2.61 bits per heavy atom. The van der Waals surface area contributed by atoms with Gasteiger partial charge in [-0.3, -0.25) is 4.79 Å². The molecule has 5 aliphatic rings. The molecule has 172 valence electrons. The number of hydrogen-bond donors (Lipinski definition) is 1. The van der Waals surface area contributed by atoms with Crippen LogP contribution in [0.2, 0.25) is 0 Å². The number of carbonyl (C=O) groups excluding carboxylic acids is 1. The lowest BCUT2D eigenvalue weighted by atomic mass is 9.45. The Morgan fingerprint density at radius 1 is 1.19 bits per heavy atom. The number of rotatable bonds is 4. The topological polar surface area (TPSA) is 37.3 Å². The first kappa shape index (κ1) is 21.9. The average Bonchev–Trinajstić information content (AvgIpc) is 3.43. The molecule has 2 heteroatoms. The van der Waals surface area contributed by atoms with Gasteiger partial charge in [-0.1, -0.05) is 44.1 Å². The van der Waals surface area contributed by atoms with E-state index in [1.165, 1.54) is 24.8 Å². The molecule has 0 aromatic rings. The lowest BCUT2D eigenvalue weighted by molar-refractivity contribution is -0.128. The fraction of sp³-hybridized carbons (Fsp3) is 0.828. The van der Waals surface area contributed by atoms with Gasteiger partial charge in [-0.05, 0) is 112 Å². The molecule has 31 heavy (non-hydrogen) atoms. The maximum Gasteiger partial charge on any atom is 0.143 e. The van der Waals surface area contributed by atoms with E-state index in [1.54, 1.807) is 5.57 Å². The van der Waals surface area contributed by atoms with Crippen molar-refractivity contribution in [2.75, 3.05) is 0 Å². The minimum atomic E-state index is -0.142. The van der Waals surface area contributed by atoms with Crippen LogP contribution in [0.3, 0.4) is 0 Å². The van der Waals surface area contributed by atoms with Crippen molar-refractivity contribution >= 4 is 5.78 Å². The third-order valence-corrected chi connectivity index (χ3v) is 11.0. The summed E-state index contributed by atoms with van der Waals surface area (Å²) in [5.74, 6) is 3.59. The van der Waals surface area contributed by atoms with E-state index in [2.05, 4.69) is 46.8 Å². The average molecular weight is 425 g/mol. The van der Waals surface area contributed by atoms with Crippen molar-refractivity contribution in [3.63, 3.8) is 0 Å². The Kier molecular flexibility index (Phi) is 5.17. The van der Waals surface area contributed by atoms with Gasteiger partial charge in [0, 0.05) is 6.42 Å². The van der Waals surface area contributed by atoms with Gasteiger partial charge >= 0.3 is 0 Å². The van der Waals surface area contributed by atoms with Gasteiger partial charge in [0.05, 0.1) is 11.5 Å². The third kappa shape index (κ3) is 3.10. The monoisotopic (exact) mass is 424 g/mol. The molecule has 0 radical (unpaired) electrons. The predicted octanol–water partition coefficient (Wildman–Crippen LogP) is 6.88. The van der Waals surface area contributed by atoms with Crippen LogP contribution in [-0.4, -0.2) is 17.0 Å². The summed E-state index contributed by atoms with van der Waals surface area (Å²) in [4.78, 5) is 12.8. The van der Waals surface area contributed by atoms with Crippen LogP contribution in [0.25, 0.3) is 0 Å². The van der Waals surface area contributed by atoms with Gasteiger partial charge < -0.3 is 5.11 Å². The number of fused-ring (bicyclic) bond motifs is 6. The van der Waals surface area contributed by atoms with Gasteiger partial charge in [-0.2, -0.15) is 0 Å². The second-order valence-electron chi connectivity index (χ2n) is 12.9. The van der Waals surface area contributed by atoms with E-state index < -0.39 is 0 Å². The zero-order valence-electron chi connectivity index (χ0n) is 20.5. The number of hydrogen-bond acceptors (Lipinski definition) is 2. The SMILES string of the molecule is CC(C)=CCC[C@@H](C)[C@H]1[C@@H](O)C[C@H]2[C@@H]3CC=C4C5(CC5)C(=O)CC[C@]4(C)[C@H]3CC[C@]12C. The van der Waals surface area contributed by atoms with E-state index in [4.69, 9.17) is 0 Å². The predicted molar refractivity (Wildman–Crippen MR) is 126 cm³/mol. The molecule has 8 atom stereocenters. The van der Waals surface area contributed by atoms with Gasteiger partial charge in [0.25, 0.3) is 0 Å². The fourth-order valence-electron chi connectivity index (χ4n) is 9.49. The molecule has 1 spiro atoms. The van der Waals surface area contributed by atoms with Crippen molar-refractivity contribution < 1.29 is 9.90 Å². The summed E-state index contributed by atoms with van der Waals surface area (Å²) >= 11 is 0. The van der Waals surface area contributed by atoms with Crippen molar-refractivity contribution in [1.29, 1.82) is 0 Å². The Morgan fingerprint density at radius 2 is 1.94 bits per heavy atom. The van der Waals surface area contributed by atoms with Gasteiger partial charge in [-0.15, -0.1) is 0 Å². The summed E-state index contributed by atoms with van der Waals surface area (Å²) in [7, 11) is 0. The molecule has 4 saturated carbocycles. The van der Waals surface area contributed by atoms with E-state index in [0.29, 0.717) is 35.4 Å². The summed E-state index contributed by atoms with van der Waals surface area (Å²) in [6.45, 7) is 11.8. The second-order valence-corrected chi connectivity index (χ2v) is 12.9. The number of carbonyl (C=O) groups is 1. The molecule has 0 aliphatic heterocycles. The number of ketones is 1. The number of Topliss-reactive ketones (excluding diaryl/α,β-unsaturated/α-hetero) is 1. The number of aliphatic hydroxyl groups is 1. The Labute approximate surface area is 190 Å². The lowest BCUT2D eigenvalue weighted by Crippen LogP contribution is -2.52. The molecule has 2 nitrogen and oxygen atoms in total. The Hall–Kier alpha value is -0.890. The van der Waals surface area contributed by atoms with E-state index >= 15 is 0 Å². The molecule has 4 fully saturated rings. The molecule has 0 amide bonds. The molecule has 1 N–H and O–H groups in total. The summed E-state index contributed by atoms with van der Waals surface area (Å²) in [6, 6.07) is 0. The summed E-state index contributed by atoms with van der Waals surface area (Å²) < 4.78 is 0. The van der Waals surface area contributed by atoms with E-state index in [-0.39, 0.29) is 22.3 Å². The van der Waals surface area contributed by atoms with Crippen molar-refractivity contribution in [2.45, 2.75) is 105 Å². The largest absolute Gasteiger partial charge is 0.393 e. The molecule has 0 unspecified atom stereocenters. The molecule has 0 aromatic carbocycles. The van der Waals surface area contributed by atoms with Gasteiger partial charge in [0.1, 0.15) is 5.78 Å². The van der Waals surface area contributed by atoms with Crippen LogP contribution in [0.5, 0.6) is 0 Å². The molecule has 5 rings (SSSR count). The van der Waals surface area contributed by atoms with Crippen LogP contribution in [0.15, 0.2) is 23.3 Å². The van der Waals surface area contributed by atoms with Crippen LogP contribution in [0, 0.1) is 45.8 Å². The maximum absolute atomic E-state index is 12.8. The summed E-state index contributed by atoms with van der Waals surface area (Å²) in [5, 5.41) is 11.3. The lowest BCUT2D eigenvalue weighted by Gasteiger charge is -2.59. The number of allylic oxidation sites excluding steroid dienone is 4. The number of aliphatic hydroxyl groups excluding tert-OH is 1. The molecular formula is C29H44O2. The van der Waals surface area contributed by atoms with Crippen molar-refractivity contribution in [1.82, 2.24) is 0 Å². The van der Waals surface area contributed by atoms with E-state index in [9.17, 15) is 9.90 Å². The smallest absolute Gasteiger partial charge is 0.143 e. The second kappa shape index (κ2) is 7.31. The van der Waals surface area contributed by atoms with E-state index in [0.717, 1.165) is 44.9 Å². The highest BCUT2D eigenvalue weighted by atomic mass is 16.3. The quantitative estimate of drug-likeness (QED) is 0.500. The van der Waals surface area contributed by atoms with Crippen molar-refractivity contribution in [3.8, 4) is 0 Å². The highest BCUT2D eigenvalue weighted by Gasteiger charge is 2.66. The minimum absolute atomic E-state index is 0.0457. The first-order valence-corrected chi connectivity index (χ1v) is 13.2. The Bertz CT molecular complexity index is 813.